The first kappa shape index (κ1) is 19.7. The Morgan fingerprint density at radius 1 is 0.966 bits per heavy atom. The van der Waals surface area contributed by atoms with Crippen molar-refractivity contribution in [2.75, 3.05) is 0 Å². The van der Waals surface area contributed by atoms with Crippen LogP contribution in [-0.2, 0) is 4.79 Å². The largest absolute Gasteiger partial charge is 0.279 e. The van der Waals surface area contributed by atoms with E-state index in [1.165, 1.54) is 11.8 Å². The van der Waals surface area contributed by atoms with Crippen LogP contribution < -0.4 is 0 Å². The molecular weight excluding hydrogens is 444 g/mol. The molecule has 1 amide bonds. The highest BCUT2D eigenvalue weighted by molar-refractivity contribution is 9.10. The van der Waals surface area contributed by atoms with Crippen LogP contribution in [0.15, 0.2) is 99.3 Å². The lowest BCUT2D eigenvalue weighted by atomic mass is 10.1. The molecule has 3 aromatic rings. The fraction of sp³-hybridized carbons (Fsp3) is 0.0833. The Hall–Kier alpha value is -2.63. The van der Waals surface area contributed by atoms with Crippen LogP contribution in [0.3, 0.4) is 0 Å². The monoisotopic (exact) mass is 462 g/mol. The standard InChI is InChI=1S/C24H19BrN2OS/c1-17(19-10-4-2-5-11-19)27-23(28)22(16-18-9-8-12-20(25)15-18)29-24(27)26-21-13-6-3-7-14-21/h2-17H,1H3/b22-16+,26-24?/t17-/m0/s1. The van der Waals surface area contributed by atoms with Gasteiger partial charge in [-0.15, -0.1) is 0 Å². The molecule has 0 bridgehead atoms. The fourth-order valence-corrected chi connectivity index (χ4v) is 4.63. The Labute approximate surface area is 183 Å². The molecule has 144 valence electrons. The average Bonchev–Trinajstić information content (AvgIpc) is 3.03. The first-order valence-corrected chi connectivity index (χ1v) is 10.9. The number of halogens is 1. The second-order valence-electron chi connectivity index (χ2n) is 6.66. The van der Waals surface area contributed by atoms with Crippen molar-refractivity contribution in [3.8, 4) is 0 Å². The highest BCUT2D eigenvalue weighted by atomic mass is 79.9. The summed E-state index contributed by atoms with van der Waals surface area (Å²) in [5.74, 6) is -0.0268. The molecule has 0 spiro atoms. The van der Waals surface area contributed by atoms with Crippen LogP contribution in [0.1, 0.15) is 24.1 Å². The first-order chi connectivity index (χ1) is 14.1. The molecular formula is C24H19BrN2OS. The molecule has 1 fully saturated rings. The molecule has 1 atom stereocenters. The Bertz CT molecular complexity index is 1080. The predicted molar refractivity (Wildman–Crippen MR) is 125 cm³/mol. The van der Waals surface area contributed by atoms with Gasteiger partial charge in [0.1, 0.15) is 0 Å². The number of nitrogens with zero attached hydrogens (tertiary/aromatic N) is 2. The summed E-state index contributed by atoms with van der Waals surface area (Å²) >= 11 is 4.91. The molecule has 4 rings (SSSR count). The van der Waals surface area contributed by atoms with E-state index >= 15 is 0 Å². The van der Waals surface area contributed by atoms with Crippen molar-refractivity contribution in [1.29, 1.82) is 0 Å². The SMILES string of the molecule is C[C@@H](c1ccccc1)N1C(=O)/C(=C\c2cccc(Br)c2)SC1=Nc1ccccc1. The van der Waals surface area contributed by atoms with E-state index in [9.17, 15) is 4.79 Å². The number of aliphatic imine (C=N–C) groups is 1. The number of carbonyl (C=O) groups is 1. The molecule has 0 unspecified atom stereocenters. The van der Waals surface area contributed by atoms with Gasteiger partial charge in [-0.3, -0.25) is 9.69 Å². The maximum Gasteiger partial charge on any atom is 0.267 e. The van der Waals surface area contributed by atoms with E-state index in [1.54, 1.807) is 4.90 Å². The van der Waals surface area contributed by atoms with Gasteiger partial charge in [-0.25, -0.2) is 4.99 Å². The highest BCUT2D eigenvalue weighted by Gasteiger charge is 2.37. The summed E-state index contributed by atoms with van der Waals surface area (Å²) in [6.45, 7) is 2.04. The van der Waals surface area contributed by atoms with E-state index in [0.29, 0.717) is 10.1 Å². The highest BCUT2D eigenvalue weighted by Crippen LogP contribution is 2.39. The summed E-state index contributed by atoms with van der Waals surface area (Å²) in [4.78, 5) is 20.6. The van der Waals surface area contributed by atoms with Gasteiger partial charge in [-0.05, 0) is 60.2 Å². The smallest absolute Gasteiger partial charge is 0.267 e. The van der Waals surface area contributed by atoms with Crippen LogP contribution >= 0.6 is 27.7 Å². The normalized spacial score (nSPS) is 17.9. The minimum absolute atomic E-state index is 0.0268. The number of thioether (sulfide) groups is 1. The number of hydrogen-bond acceptors (Lipinski definition) is 3. The molecule has 0 saturated carbocycles. The van der Waals surface area contributed by atoms with Gasteiger partial charge < -0.3 is 0 Å². The quantitative estimate of drug-likeness (QED) is 0.398. The van der Waals surface area contributed by atoms with Gasteiger partial charge in [0.05, 0.1) is 16.6 Å². The number of rotatable bonds is 4. The summed E-state index contributed by atoms with van der Waals surface area (Å²) < 4.78 is 0.981. The Morgan fingerprint density at radius 2 is 1.66 bits per heavy atom. The van der Waals surface area contributed by atoms with Gasteiger partial charge in [0, 0.05) is 4.47 Å². The third kappa shape index (κ3) is 4.52. The number of benzene rings is 3. The topological polar surface area (TPSA) is 32.7 Å². The molecule has 1 heterocycles. The van der Waals surface area contributed by atoms with Crippen molar-refractivity contribution in [2.45, 2.75) is 13.0 Å². The Morgan fingerprint density at radius 3 is 2.34 bits per heavy atom. The summed E-state index contributed by atoms with van der Waals surface area (Å²) in [5, 5.41) is 0.693. The zero-order valence-electron chi connectivity index (χ0n) is 15.8. The molecule has 29 heavy (non-hydrogen) atoms. The molecule has 0 aliphatic carbocycles. The van der Waals surface area contributed by atoms with Gasteiger partial charge in [-0.1, -0.05) is 76.6 Å². The molecule has 0 aromatic heterocycles. The van der Waals surface area contributed by atoms with Gasteiger partial charge >= 0.3 is 0 Å². The van der Waals surface area contributed by atoms with Crippen molar-refractivity contribution in [1.82, 2.24) is 4.90 Å². The van der Waals surface area contributed by atoms with E-state index in [-0.39, 0.29) is 11.9 Å². The summed E-state index contributed by atoms with van der Waals surface area (Å²) in [6, 6.07) is 27.6. The fourth-order valence-electron chi connectivity index (χ4n) is 3.15. The maximum atomic E-state index is 13.4. The van der Waals surface area contributed by atoms with Crippen LogP contribution in [0.25, 0.3) is 6.08 Å². The molecule has 1 aliphatic heterocycles. The summed E-state index contributed by atoms with van der Waals surface area (Å²) in [5.41, 5.74) is 2.88. The second kappa shape index (κ2) is 8.80. The molecule has 1 saturated heterocycles. The second-order valence-corrected chi connectivity index (χ2v) is 8.58. The zero-order valence-corrected chi connectivity index (χ0v) is 18.2. The van der Waals surface area contributed by atoms with Crippen LogP contribution in [0.4, 0.5) is 5.69 Å². The van der Waals surface area contributed by atoms with Crippen LogP contribution in [0.2, 0.25) is 0 Å². The first-order valence-electron chi connectivity index (χ1n) is 9.29. The summed E-state index contributed by atoms with van der Waals surface area (Å²) in [6.07, 6.45) is 1.93. The lowest BCUT2D eigenvalue weighted by Crippen LogP contribution is -2.32. The minimum atomic E-state index is -0.118. The van der Waals surface area contributed by atoms with Crippen molar-refractivity contribution in [2.24, 2.45) is 4.99 Å². The van der Waals surface area contributed by atoms with Crippen molar-refractivity contribution >= 4 is 50.5 Å². The molecule has 5 heteroatoms. The lowest BCUT2D eigenvalue weighted by molar-refractivity contribution is -0.123. The van der Waals surface area contributed by atoms with Gasteiger partial charge in [0.15, 0.2) is 5.17 Å². The number of para-hydroxylation sites is 1. The van der Waals surface area contributed by atoms with Crippen molar-refractivity contribution < 1.29 is 4.79 Å². The molecule has 3 nitrogen and oxygen atoms in total. The van der Waals surface area contributed by atoms with Gasteiger partial charge in [-0.2, -0.15) is 0 Å². The zero-order chi connectivity index (χ0) is 20.2. The van der Waals surface area contributed by atoms with Crippen LogP contribution in [-0.4, -0.2) is 16.0 Å². The number of hydrogen-bond donors (Lipinski definition) is 0. The van der Waals surface area contributed by atoms with Gasteiger partial charge in [0.25, 0.3) is 5.91 Å². The maximum absolute atomic E-state index is 13.4. The van der Waals surface area contributed by atoms with Gasteiger partial charge in [0.2, 0.25) is 0 Å². The van der Waals surface area contributed by atoms with Crippen LogP contribution in [0.5, 0.6) is 0 Å². The third-order valence-electron chi connectivity index (χ3n) is 4.63. The lowest BCUT2D eigenvalue weighted by Gasteiger charge is -2.24. The van der Waals surface area contributed by atoms with Crippen molar-refractivity contribution in [3.05, 3.63) is 105 Å². The van der Waals surface area contributed by atoms with E-state index in [2.05, 4.69) is 15.9 Å². The van der Waals surface area contributed by atoms with E-state index < -0.39 is 0 Å². The number of amides is 1. The van der Waals surface area contributed by atoms with Crippen molar-refractivity contribution in [3.63, 3.8) is 0 Å². The molecule has 0 N–H and O–H groups in total. The van der Waals surface area contributed by atoms with Crippen LogP contribution in [0, 0.1) is 0 Å². The predicted octanol–water partition coefficient (Wildman–Crippen LogP) is 6.81. The van der Waals surface area contributed by atoms with E-state index in [4.69, 9.17) is 4.99 Å². The number of carbonyl (C=O) groups excluding carboxylic acids is 1. The third-order valence-corrected chi connectivity index (χ3v) is 6.11. The number of amidine groups is 1. The Balaban J connectivity index is 1.75. The molecule has 1 aliphatic rings. The molecule has 0 radical (unpaired) electrons. The average molecular weight is 463 g/mol. The minimum Gasteiger partial charge on any atom is -0.279 e. The van der Waals surface area contributed by atoms with E-state index in [0.717, 1.165) is 21.3 Å². The summed E-state index contributed by atoms with van der Waals surface area (Å²) in [7, 11) is 0. The Kier molecular flexibility index (Phi) is 5.97. The molecule has 3 aromatic carbocycles. The van der Waals surface area contributed by atoms with E-state index in [1.807, 2.05) is 97.9 Å².